The summed E-state index contributed by atoms with van der Waals surface area (Å²) in [5.41, 5.74) is 1.48. The highest BCUT2D eigenvalue weighted by molar-refractivity contribution is 5.27. The van der Waals surface area contributed by atoms with E-state index in [9.17, 15) is 0 Å². The van der Waals surface area contributed by atoms with Crippen LogP contribution in [0.1, 0.15) is 13.3 Å². The first-order chi connectivity index (χ1) is 4.34. The van der Waals surface area contributed by atoms with Crippen molar-refractivity contribution in [2.75, 3.05) is 0 Å². The molecule has 0 spiro atoms. The highest BCUT2D eigenvalue weighted by Gasteiger charge is 2.05. The minimum atomic E-state index is 0.642. The Morgan fingerprint density at radius 3 is 3.00 bits per heavy atom. The van der Waals surface area contributed by atoms with Gasteiger partial charge in [0.05, 0.1) is 0 Å². The van der Waals surface area contributed by atoms with Gasteiger partial charge in [-0.2, -0.15) is 0 Å². The Morgan fingerprint density at radius 2 is 2.56 bits per heavy atom. The second-order valence-corrected chi connectivity index (χ2v) is 2.41. The van der Waals surface area contributed by atoms with E-state index in [0.717, 1.165) is 6.42 Å². The molecule has 0 saturated heterocycles. The Morgan fingerprint density at radius 1 is 1.78 bits per heavy atom. The highest BCUT2D eigenvalue weighted by atomic mass is 14.1. The lowest BCUT2D eigenvalue weighted by Gasteiger charge is -2.02. The average molecular weight is 120 g/mol. The minimum Gasteiger partial charge on any atom is -0.103 e. The van der Waals surface area contributed by atoms with Gasteiger partial charge in [0.15, 0.2) is 0 Å². The van der Waals surface area contributed by atoms with Crippen molar-refractivity contribution in [2.24, 2.45) is 5.92 Å². The molecule has 0 aromatic rings. The Hall–Kier alpha value is -0.780. The molecule has 0 fully saturated rings. The third-order valence-electron chi connectivity index (χ3n) is 1.67. The van der Waals surface area contributed by atoms with Gasteiger partial charge in [0.2, 0.25) is 0 Å². The molecule has 48 valence electrons. The molecule has 0 radical (unpaired) electrons. The zero-order valence-corrected chi connectivity index (χ0v) is 5.80. The minimum absolute atomic E-state index is 0.642. The lowest BCUT2D eigenvalue weighted by Crippen LogP contribution is -1.88. The zero-order chi connectivity index (χ0) is 6.69. The maximum atomic E-state index is 3.69. The topological polar surface area (TPSA) is 0 Å². The summed E-state index contributed by atoms with van der Waals surface area (Å²) in [5.74, 6) is 0.642. The molecule has 1 aliphatic rings. The summed E-state index contributed by atoms with van der Waals surface area (Å²) in [6.07, 6.45) is 9.48. The van der Waals surface area contributed by atoms with Crippen molar-refractivity contribution in [1.82, 2.24) is 0 Å². The first-order valence-corrected chi connectivity index (χ1v) is 3.32. The van der Waals surface area contributed by atoms with Gasteiger partial charge in [-0.15, -0.1) is 6.58 Å². The summed E-state index contributed by atoms with van der Waals surface area (Å²) < 4.78 is 0. The summed E-state index contributed by atoms with van der Waals surface area (Å²) in [6, 6.07) is 0. The van der Waals surface area contributed by atoms with E-state index < -0.39 is 0 Å². The third-order valence-corrected chi connectivity index (χ3v) is 1.67. The molecule has 1 aliphatic carbocycles. The van der Waals surface area contributed by atoms with Crippen LogP contribution in [0.2, 0.25) is 0 Å². The van der Waals surface area contributed by atoms with E-state index in [1.54, 1.807) is 0 Å². The van der Waals surface area contributed by atoms with Gasteiger partial charge in [0, 0.05) is 0 Å². The van der Waals surface area contributed by atoms with Crippen molar-refractivity contribution in [3.8, 4) is 0 Å². The SMILES string of the molecule is C=CCC1=CC=CC1C. The smallest absolute Gasteiger partial charge is 0.00423 e. The van der Waals surface area contributed by atoms with Crippen molar-refractivity contribution in [2.45, 2.75) is 13.3 Å². The van der Waals surface area contributed by atoms with E-state index in [1.165, 1.54) is 5.57 Å². The normalized spacial score (nSPS) is 24.1. The molecule has 1 unspecified atom stereocenters. The van der Waals surface area contributed by atoms with Crippen LogP contribution in [0.4, 0.5) is 0 Å². The van der Waals surface area contributed by atoms with Gasteiger partial charge in [0.1, 0.15) is 0 Å². The fraction of sp³-hybridized carbons (Fsp3) is 0.333. The third kappa shape index (κ3) is 1.32. The van der Waals surface area contributed by atoms with Gasteiger partial charge in [-0.1, -0.05) is 36.8 Å². The molecule has 0 heteroatoms. The molecule has 0 aliphatic heterocycles. The van der Waals surface area contributed by atoms with Crippen LogP contribution >= 0.6 is 0 Å². The van der Waals surface area contributed by atoms with E-state index in [4.69, 9.17) is 0 Å². The van der Waals surface area contributed by atoms with Gasteiger partial charge in [-0.25, -0.2) is 0 Å². The summed E-state index contributed by atoms with van der Waals surface area (Å²) >= 11 is 0. The van der Waals surface area contributed by atoms with Gasteiger partial charge >= 0.3 is 0 Å². The average Bonchev–Trinajstić information content (AvgIpc) is 2.18. The van der Waals surface area contributed by atoms with Crippen molar-refractivity contribution in [1.29, 1.82) is 0 Å². The Bertz CT molecular complexity index is 161. The lowest BCUT2D eigenvalue weighted by atomic mass is 10.0. The van der Waals surface area contributed by atoms with E-state index in [2.05, 4.69) is 31.7 Å². The Labute approximate surface area is 56.6 Å². The van der Waals surface area contributed by atoms with Gasteiger partial charge in [-0.3, -0.25) is 0 Å². The van der Waals surface area contributed by atoms with E-state index >= 15 is 0 Å². The Balaban J connectivity index is 2.53. The fourth-order valence-electron chi connectivity index (χ4n) is 1.04. The molecule has 1 rings (SSSR count). The molecule has 9 heavy (non-hydrogen) atoms. The molecule has 1 atom stereocenters. The first-order valence-electron chi connectivity index (χ1n) is 3.32. The van der Waals surface area contributed by atoms with E-state index in [0.29, 0.717) is 5.92 Å². The Kier molecular flexibility index (Phi) is 1.88. The maximum Gasteiger partial charge on any atom is -0.00423 e. The fourth-order valence-corrected chi connectivity index (χ4v) is 1.04. The van der Waals surface area contributed by atoms with Crippen LogP contribution in [0.5, 0.6) is 0 Å². The number of hydrogen-bond donors (Lipinski definition) is 0. The van der Waals surface area contributed by atoms with Crippen molar-refractivity contribution in [3.63, 3.8) is 0 Å². The molecule has 0 bridgehead atoms. The van der Waals surface area contributed by atoms with Crippen LogP contribution < -0.4 is 0 Å². The van der Waals surface area contributed by atoms with Gasteiger partial charge in [-0.05, 0) is 12.3 Å². The molecule has 0 saturated carbocycles. The quantitative estimate of drug-likeness (QED) is 0.491. The van der Waals surface area contributed by atoms with Crippen LogP contribution in [-0.4, -0.2) is 0 Å². The molecule has 0 nitrogen and oxygen atoms in total. The standard InChI is InChI=1S/C9H12/c1-3-5-9-7-4-6-8(9)2/h3-4,6-8H,1,5H2,2H3. The molecular weight excluding hydrogens is 108 g/mol. The lowest BCUT2D eigenvalue weighted by molar-refractivity contribution is 0.851. The zero-order valence-electron chi connectivity index (χ0n) is 5.80. The predicted octanol–water partition coefficient (Wildman–Crippen LogP) is 2.69. The first kappa shape index (κ1) is 6.34. The molecule has 0 aromatic heterocycles. The second-order valence-electron chi connectivity index (χ2n) is 2.41. The van der Waals surface area contributed by atoms with Gasteiger partial charge in [0.25, 0.3) is 0 Å². The number of allylic oxidation sites excluding steroid dienone is 5. The van der Waals surface area contributed by atoms with Crippen LogP contribution in [0.3, 0.4) is 0 Å². The second kappa shape index (κ2) is 2.67. The van der Waals surface area contributed by atoms with Crippen molar-refractivity contribution >= 4 is 0 Å². The molecular formula is C9H12. The largest absolute Gasteiger partial charge is 0.103 e. The molecule has 0 amide bonds. The monoisotopic (exact) mass is 120 g/mol. The molecule has 0 N–H and O–H groups in total. The molecule has 0 aromatic carbocycles. The number of rotatable bonds is 2. The van der Waals surface area contributed by atoms with Crippen molar-refractivity contribution < 1.29 is 0 Å². The van der Waals surface area contributed by atoms with Crippen LogP contribution in [-0.2, 0) is 0 Å². The van der Waals surface area contributed by atoms with E-state index in [1.807, 2.05) is 6.08 Å². The van der Waals surface area contributed by atoms with Crippen LogP contribution in [0.25, 0.3) is 0 Å². The summed E-state index contributed by atoms with van der Waals surface area (Å²) in [7, 11) is 0. The van der Waals surface area contributed by atoms with Gasteiger partial charge < -0.3 is 0 Å². The highest BCUT2D eigenvalue weighted by Crippen LogP contribution is 2.21. The predicted molar refractivity (Wildman–Crippen MR) is 41.2 cm³/mol. The van der Waals surface area contributed by atoms with Crippen LogP contribution in [0, 0.1) is 5.92 Å². The summed E-state index contributed by atoms with van der Waals surface area (Å²) in [5, 5.41) is 0. The van der Waals surface area contributed by atoms with E-state index in [-0.39, 0.29) is 0 Å². The number of hydrogen-bond acceptors (Lipinski definition) is 0. The molecule has 0 heterocycles. The summed E-state index contributed by atoms with van der Waals surface area (Å²) in [4.78, 5) is 0. The maximum absolute atomic E-state index is 3.69. The van der Waals surface area contributed by atoms with Crippen LogP contribution in [0.15, 0.2) is 36.5 Å². The van der Waals surface area contributed by atoms with Crippen molar-refractivity contribution in [3.05, 3.63) is 36.5 Å². The summed E-state index contributed by atoms with van der Waals surface area (Å²) in [6.45, 7) is 5.90.